The Labute approximate surface area is 114 Å². The fourth-order valence-electron chi connectivity index (χ4n) is 1.12. The molecule has 11 heteroatoms. The zero-order chi connectivity index (χ0) is 15.8. The fraction of sp³-hybridized carbons (Fsp3) is 0.333. The SMILES string of the molecule is CN(C)S(=O)(=O)c1ccc(NS(=O)(=O)C(F)(F)F)cc1. The molecule has 0 atom stereocenters. The summed E-state index contributed by atoms with van der Waals surface area (Å²) in [5, 5.41) is 0. The molecule has 0 fully saturated rings. The van der Waals surface area contributed by atoms with Crippen molar-refractivity contribution in [1.82, 2.24) is 4.31 Å². The lowest BCUT2D eigenvalue weighted by Crippen LogP contribution is -2.29. The Morgan fingerprint density at radius 2 is 1.45 bits per heavy atom. The minimum Gasteiger partial charge on any atom is -0.276 e. The zero-order valence-electron chi connectivity index (χ0n) is 10.3. The van der Waals surface area contributed by atoms with E-state index in [1.807, 2.05) is 0 Å². The van der Waals surface area contributed by atoms with Crippen LogP contribution in [0.3, 0.4) is 0 Å². The second-order valence-electron chi connectivity index (χ2n) is 3.86. The topological polar surface area (TPSA) is 83.6 Å². The average molecular weight is 332 g/mol. The Balaban J connectivity index is 3.06. The molecule has 6 nitrogen and oxygen atoms in total. The van der Waals surface area contributed by atoms with Gasteiger partial charge < -0.3 is 0 Å². The molecule has 0 aliphatic heterocycles. The minimum absolute atomic E-state index is 0.169. The highest BCUT2D eigenvalue weighted by atomic mass is 32.2. The van der Waals surface area contributed by atoms with Crippen molar-refractivity contribution in [2.45, 2.75) is 10.4 Å². The molecule has 0 heterocycles. The van der Waals surface area contributed by atoms with Crippen LogP contribution < -0.4 is 4.72 Å². The third-order valence-corrected chi connectivity index (χ3v) is 5.13. The van der Waals surface area contributed by atoms with Crippen LogP contribution in [0.1, 0.15) is 0 Å². The molecule has 0 radical (unpaired) electrons. The molecule has 20 heavy (non-hydrogen) atoms. The number of hydrogen-bond acceptors (Lipinski definition) is 4. The Bertz CT molecular complexity index is 679. The van der Waals surface area contributed by atoms with Crippen molar-refractivity contribution in [3.8, 4) is 0 Å². The van der Waals surface area contributed by atoms with Crippen LogP contribution in [0.15, 0.2) is 29.2 Å². The number of sulfonamides is 2. The van der Waals surface area contributed by atoms with Gasteiger partial charge in [0.05, 0.1) is 4.90 Å². The smallest absolute Gasteiger partial charge is 0.276 e. The first-order valence-corrected chi connectivity index (χ1v) is 7.92. The van der Waals surface area contributed by atoms with Crippen LogP contribution in [0, 0.1) is 0 Å². The Hall–Kier alpha value is -1.33. The van der Waals surface area contributed by atoms with Crippen LogP contribution in [0.5, 0.6) is 0 Å². The van der Waals surface area contributed by atoms with Crippen LogP contribution in [0.25, 0.3) is 0 Å². The molecule has 0 aliphatic rings. The van der Waals surface area contributed by atoms with Crippen LogP contribution in [0.4, 0.5) is 18.9 Å². The normalized spacial score (nSPS) is 13.5. The number of rotatable bonds is 4. The molecule has 1 N–H and O–H groups in total. The van der Waals surface area contributed by atoms with E-state index in [9.17, 15) is 30.0 Å². The standard InChI is InChI=1S/C9H11F3N2O4S2/c1-14(2)19(15,16)8-5-3-7(4-6-8)13-20(17,18)9(10,11)12/h3-6,13H,1-2H3. The van der Waals surface area contributed by atoms with Gasteiger partial charge in [-0.3, -0.25) is 4.72 Å². The molecule has 0 bridgehead atoms. The molecule has 1 aromatic rings. The largest absolute Gasteiger partial charge is 0.516 e. The molecular weight excluding hydrogens is 321 g/mol. The number of alkyl halides is 3. The maximum absolute atomic E-state index is 12.1. The first-order chi connectivity index (χ1) is 8.88. The highest BCUT2D eigenvalue weighted by Gasteiger charge is 2.46. The number of anilines is 1. The number of benzene rings is 1. The van der Waals surface area contributed by atoms with Crippen molar-refractivity contribution in [3.05, 3.63) is 24.3 Å². The predicted octanol–water partition coefficient (Wildman–Crippen LogP) is 1.20. The van der Waals surface area contributed by atoms with Crippen molar-refractivity contribution in [1.29, 1.82) is 0 Å². The van der Waals surface area contributed by atoms with Gasteiger partial charge >= 0.3 is 15.5 Å². The quantitative estimate of drug-likeness (QED) is 0.898. The van der Waals surface area contributed by atoms with Gasteiger partial charge in [0, 0.05) is 19.8 Å². The van der Waals surface area contributed by atoms with Crippen molar-refractivity contribution in [3.63, 3.8) is 0 Å². The van der Waals surface area contributed by atoms with Crippen molar-refractivity contribution < 1.29 is 30.0 Å². The third kappa shape index (κ3) is 3.41. The summed E-state index contributed by atoms with van der Waals surface area (Å²) in [6.45, 7) is 0. The second-order valence-corrected chi connectivity index (χ2v) is 7.69. The summed E-state index contributed by atoms with van der Waals surface area (Å²) >= 11 is 0. The van der Waals surface area contributed by atoms with E-state index in [0.29, 0.717) is 0 Å². The highest BCUT2D eigenvalue weighted by molar-refractivity contribution is 7.93. The van der Waals surface area contributed by atoms with Crippen LogP contribution >= 0.6 is 0 Å². The Kier molecular flexibility index (Phi) is 4.36. The monoisotopic (exact) mass is 332 g/mol. The molecule has 0 saturated carbocycles. The van der Waals surface area contributed by atoms with Gasteiger partial charge in [0.2, 0.25) is 10.0 Å². The molecule has 114 valence electrons. The van der Waals surface area contributed by atoms with Gasteiger partial charge in [-0.25, -0.2) is 12.7 Å². The van der Waals surface area contributed by atoms with E-state index < -0.39 is 25.6 Å². The predicted molar refractivity (Wildman–Crippen MR) is 65.9 cm³/mol. The van der Waals surface area contributed by atoms with Crippen LogP contribution in [0.2, 0.25) is 0 Å². The first-order valence-electron chi connectivity index (χ1n) is 4.99. The van der Waals surface area contributed by atoms with E-state index in [1.54, 1.807) is 0 Å². The van der Waals surface area contributed by atoms with Crippen molar-refractivity contribution in [2.24, 2.45) is 0 Å². The molecule has 0 aromatic heterocycles. The first kappa shape index (κ1) is 16.7. The maximum Gasteiger partial charge on any atom is 0.516 e. The lowest BCUT2D eigenvalue weighted by Gasteiger charge is -2.13. The van der Waals surface area contributed by atoms with Crippen molar-refractivity contribution >= 4 is 25.7 Å². The van der Waals surface area contributed by atoms with Gasteiger partial charge in [-0.1, -0.05) is 0 Å². The molecule has 0 saturated heterocycles. The lowest BCUT2D eigenvalue weighted by molar-refractivity contribution is -0.0429. The summed E-state index contributed by atoms with van der Waals surface area (Å²) in [7, 11) is -6.68. The van der Waals surface area contributed by atoms with Gasteiger partial charge in [0.15, 0.2) is 0 Å². The number of nitrogens with one attached hydrogen (secondary N) is 1. The molecule has 0 spiro atoms. The van der Waals surface area contributed by atoms with Gasteiger partial charge in [0.25, 0.3) is 0 Å². The number of halogens is 3. The Morgan fingerprint density at radius 1 is 1.00 bits per heavy atom. The van der Waals surface area contributed by atoms with E-state index >= 15 is 0 Å². The summed E-state index contributed by atoms with van der Waals surface area (Å²) in [6.07, 6.45) is 0. The van der Waals surface area contributed by atoms with Gasteiger partial charge in [-0.15, -0.1) is 0 Å². The molecule has 1 rings (SSSR count). The minimum atomic E-state index is -5.53. The van der Waals surface area contributed by atoms with Gasteiger partial charge in [-0.2, -0.15) is 21.6 Å². The fourth-order valence-corrected chi connectivity index (χ4v) is 2.58. The highest BCUT2D eigenvalue weighted by Crippen LogP contribution is 2.26. The second kappa shape index (κ2) is 5.22. The molecule has 1 aromatic carbocycles. The summed E-state index contributed by atoms with van der Waals surface area (Å²) in [6, 6.07) is 3.87. The van der Waals surface area contributed by atoms with E-state index in [0.717, 1.165) is 28.6 Å². The zero-order valence-corrected chi connectivity index (χ0v) is 12.0. The number of nitrogens with zero attached hydrogens (tertiary/aromatic N) is 1. The summed E-state index contributed by atoms with van der Waals surface area (Å²) in [5.41, 5.74) is -5.83. The molecule has 0 amide bonds. The molecular formula is C9H11F3N2O4S2. The summed E-state index contributed by atoms with van der Waals surface area (Å²) in [5.74, 6) is 0. The summed E-state index contributed by atoms with van der Waals surface area (Å²) in [4.78, 5) is -0.169. The molecule has 0 unspecified atom stereocenters. The average Bonchev–Trinajstić information content (AvgIpc) is 2.27. The van der Waals surface area contributed by atoms with Crippen molar-refractivity contribution in [2.75, 3.05) is 18.8 Å². The van der Waals surface area contributed by atoms with Gasteiger partial charge in [0.1, 0.15) is 0 Å². The lowest BCUT2D eigenvalue weighted by atomic mass is 10.3. The van der Waals surface area contributed by atoms with E-state index in [2.05, 4.69) is 0 Å². The van der Waals surface area contributed by atoms with E-state index in [4.69, 9.17) is 0 Å². The number of hydrogen-bond donors (Lipinski definition) is 1. The van der Waals surface area contributed by atoms with Gasteiger partial charge in [-0.05, 0) is 24.3 Å². The summed E-state index contributed by atoms with van der Waals surface area (Å²) < 4.78 is 83.7. The molecule has 0 aliphatic carbocycles. The van der Waals surface area contributed by atoms with Crippen LogP contribution in [-0.2, 0) is 20.0 Å². The van der Waals surface area contributed by atoms with E-state index in [-0.39, 0.29) is 10.6 Å². The Morgan fingerprint density at radius 3 is 1.80 bits per heavy atom. The van der Waals surface area contributed by atoms with E-state index in [1.165, 1.54) is 18.8 Å². The third-order valence-electron chi connectivity index (χ3n) is 2.19. The van der Waals surface area contributed by atoms with Crippen LogP contribution in [-0.4, -0.2) is 40.7 Å². The maximum atomic E-state index is 12.1.